The zero-order chi connectivity index (χ0) is 12.0. The van der Waals surface area contributed by atoms with Gasteiger partial charge in [-0.1, -0.05) is 0 Å². The van der Waals surface area contributed by atoms with Gasteiger partial charge >= 0.3 is 0 Å². The normalized spacial score (nSPS) is 31.1. The number of aliphatic hydroxyl groups is 1. The number of β-amino-alcohol motifs (C(OH)–C–C–N with tert-alkyl or cyclic N) is 1. The molecule has 0 bridgehead atoms. The lowest BCUT2D eigenvalue weighted by molar-refractivity contribution is -0.153. The molecule has 5 nitrogen and oxygen atoms in total. The van der Waals surface area contributed by atoms with Crippen LogP contribution in [0.3, 0.4) is 0 Å². The second-order valence-electron chi connectivity index (χ2n) is 5.22. The van der Waals surface area contributed by atoms with Gasteiger partial charge in [0.1, 0.15) is 0 Å². The van der Waals surface area contributed by atoms with Crippen molar-refractivity contribution in [2.45, 2.75) is 25.4 Å². The maximum atomic E-state index is 11.7. The van der Waals surface area contributed by atoms with E-state index in [9.17, 15) is 18.3 Å². The number of hydrogen-bond donors (Lipinski definition) is 1. The van der Waals surface area contributed by atoms with Gasteiger partial charge in [0, 0.05) is 6.42 Å². The van der Waals surface area contributed by atoms with E-state index in [4.69, 9.17) is 0 Å². The van der Waals surface area contributed by atoms with E-state index in [0.29, 0.717) is 25.9 Å². The third-order valence-electron chi connectivity index (χ3n) is 3.21. The van der Waals surface area contributed by atoms with Gasteiger partial charge in [0.15, 0.2) is 9.84 Å². The molecule has 92 valence electrons. The molecule has 16 heavy (non-hydrogen) atoms. The predicted octanol–water partition coefficient (Wildman–Crippen LogP) is -0.596. The zero-order valence-electron chi connectivity index (χ0n) is 9.35. The molecule has 2 aliphatic rings. The van der Waals surface area contributed by atoms with E-state index in [0.717, 1.165) is 0 Å². The molecule has 1 amide bonds. The first-order valence-electron chi connectivity index (χ1n) is 5.48. The average molecular weight is 247 g/mol. The third kappa shape index (κ3) is 2.55. The van der Waals surface area contributed by atoms with E-state index in [1.165, 1.54) is 0 Å². The Kier molecular flexibility index (Phi) is 2.74. The minimum absolute atomic E-state index is 0.0250. The number of amides is 1. The summed E-state index contributed by atoms with van der Waals surface area (Å²) in [5, 5.41) is 9.49. The van der Waals surface area contributed by atoms with E-state index < -0.39 is 15.4 Å². The van der Waals surface area contributed by atoms with Crippen molar-refractivity contribution >= 4 is 15.7 Å². The fourth-order valence-electron chi connectivity index (χ4n) is 2.36. The van der Waals surface area contributed by atoms with Gasteiger partial charge in [-0.25, -0.2) is 8.42 Å². The summed E-state index contributed by atoms with van der Waals surface area (Å²) in [7, 11) is -2.90. The number of sulfone groups is 1. The lowest BCUT2D eigenvalue weighted by Gasteiger charge is -2.44. The Morgan fingerprint density at radius 3 is 2.56 bits per heavy atom. The van der Waals surface area contributed by atoms with Crippen LogP contribution in [0.5, 0.6) is 0 Å². The Morgan fingerprint density at radius 1 is 1.50 bits per heavy atom. The Labute approximate surface area is 95.4 Å². The first-order chi connectivity index (χ1) is 7.27. The van der Waals surface area contributed by atoms with Gasteiger partial charge in [0.25, 0.3) is 0 Å². The van der Waals surface area contributed by atoms with Crippen molar-refractivity contribution in [3.05, 3.63) is 0 Å². The highest BCUT2D eigenvalue weighted by Gasteiger charge is 2.40. The maximum absolute atomic E-state index is 11.7. The monoisotopic (exact) mass is 247 g/mol. The molecule has 1 unspecified atom stereocenters. The summed E-state index contributed by atoms with van der Waals surface area (Å²) in [4.78, 5) is 13.3. The van der Waals surface area contributed by atoms with Crippen molar-refractivity contribution in [2.75, 3.05) is 24.6 Å². The number of nitrogens with zero attached hydrogens (tertiary/aromatic N) is 1. The van der Waals surface area contributed by atoms with E-state index in [1.807, 2.05) is 0 Å². The molecule has 2 saturated heterocycles. The van der Waals surface area contributed by atoms with Crippen LogP contribution in [0.1, 0.15) is 19.8 Å². The molecule has 2 fully saturated rings. The Morgan fingerprint density at radius 2 is 2.12 bits per heavy atom. The molecular formula is C10H17NO4S. The van der Waals surface area contributed by atoms with Gasteiger partial charge < -0.3 is 10.0 Å². The summed E-state index contributed by atoms with van der Waals surface area (Å²) in [5.41, 5.74) is -0.753. The summed E-state index contributed by atoms with van der Waals surface area (Å²) in [6.45, 7) is 2.42. The first-order valence-corrected chi connectivity index (χ1v) is 7.30. The molecule has 2 heterocycles. The average Bonchev–Trinajstić information content (AvgIpc) is 2.41. The van der Waals surface area contributed by atoms with Crippen molar-refractivity contribution in [3.63, 3.8) is 0 Å². The van der Waals surface area contributed by atoms with E-state index in [2.05, 4.69) is 0 Å². The number of rotatable bonds is 2. The Bertz CT molecular complexity index is 393. The highest BCUT2D eigenvalue weighted by molar-refractivity contribution is 7.91. The second-order valence-corrected chi connectivity index (χ2v) is 7.45. The minimum atomic E-state index is -2.90. The van der Waals surface area contributed by atoms with Gasteiger partial charge in [0.05, 0.1) is 30.2 Å². The minimum Gasteiger partial charge on any atom is -0.386 e. The largest absolute Gasteiger partial charge is 0.386 e. The summed E-state index contributed by atoms with van der Waals surface area (Å²) < 4.78 is 22.4. The topological polar surface area (TPSA) is 74.7 Å². The highest BCUT2D eigenvalue weighted by atomic mass is 32.2. The highest BCUT2D eigenvalue weighted by Crippen LogP contribution is 2.26. The number of carbonyl (C=O) groups is 1. The molecule has 0 aliphatic carbocycles. The molecule has 0 spiro atoms. The van der Waals surface area contributed by atoms with Crippen LogP contribution in [0.25, 0.3) is 0 Å². The SMILES string of the molecule is CC1(O)CN(C(=O)CC2CCS(=O)(=O)C2)C1. The van der Waals surface area contributed by atoms with Crippen molar-refractivity contribution < 1.29 is 18.3 Å². The van der Waals surface area contributed by atoms with Gasteiger partial charge in [-0.15, -0.1) is 0 Å². The second kappa shape index (κ2) is 3.70. The lowest BCUT2D eigenvalue weighted by Crippen LogP contribution is -2.61. The molecule has 1 atom stereocenters. The molecule has 0 aromatic carbocycles. The van der Waals surface area contributed by atoms with Crippen LogP contribution < -0.4 is 0 Å². The molecule has 0 aromatic heterocycles. The van der Waals surface area contributed by atoms with Crippen LogP contribution in [0.2, 0.25) is 0 Å². The molecule has 0 radical (unpaired) electrons. The van der Waals surface area contributed by atoms with Crippen molar-refractivity contribution in [2.24, 2.45) is 5.92 Å². The molecule has 2 aliphatic heterocycles. The summed E-state index contributed by atoms with van der Waals surface area (Å²) >= 11 is 0. The van der Waals surface area contributed by atoms with Crippen molar-refractivity contribution in [3.8, 4) is 0 Å². The van der Waals surface area contributed by atoms with Crippen LogP contribution in [0.4, 0.5) is 0 Å². The van der Waals surface area contributed by atoms with Crippen molar-refractivity contribution in [1.29, 1.82) is 0 Å². The lowest BCUT2D eigenvalue weighted by atomic mass is 9.95. The fourth-order valence-corrected chi connectivity index (χ4v) is 4.22. The standard InChI is InChI=1S/C10H17NO4S/c1-10(13)6-11(7-10)9(12)4-8-2-3-16(14,15)5-8/h8,13H,2-7H2,1H3. The molecule has 6 heteroatoms. The third-order valence-corrected chi connectivity index (χ3v) is 5.04. The molecule has 2 rings (SSSR count). The smallest absolute Gasteiger partial charge is 0.223 e. The quantitative estimate of drug-likeness (QED) is 0.707. The van der Waals surface area contributed by atoms with Gasteiger partial charge in [-0.3, -0.25) is 4.79 Å². The fraction of sp³-hybridized carbons (Fsp3) is 0.900. The molecule has 0 aromatic rings. The number of carbonyl (C=O) groups excluding carboxylic acids is 1. The van der Waals surface area contributed by atoms with Gasteiger partial charge in [-0.2, -0.15) is 0 Å². The molecular weight excluding hydrogens is 230 g/mol. The Hall–Kier alpha value is -0.620. The van der Waals surface area contributed by atoms with Crippen molar-refractivity contribution in [1.82, 2.24) is 4.90 Å². The molecule has 1 N–H and O–H groups in total. The van der Waals surface area contributed by atoms with Crippen LogP contribution in [-0.2, 0) is 14.6 Å². The first kappa shape index (κ1) is 11.9. The number of hydrogen-bond acceptors (Lipinski definition) is 4. The summed E-state index contributed by atoms with van der Waals surface area (Å²) in [6, 6.07) is 0. The van der Waals surface area contributed by atoms with E-state index >= 15 is 0 Å². The van der Waals surface area contributed by atoms with E-state index in [-0.39, 0.29) is 23.3 Å². The van der Waals surface area contributed by atoms with Crippen LogP contribution in [-0.4, -0.2) is 54.5 Å². The zero-order valence-corrected chi connectivity index (χ0v) is 10.2. The van der Waals surface area contributed by atoms with Crippen LogP contribution >= 0.6 is 0 Å². The Balaban J connectivity index is 1.81. The summed E-state index contributed by atoms with van der Waals surface area (Å²) in [5.74, 6) is 0.294. The van der Waals surface area contributed by atoms with Crippen LogP contribution in [0, 0.1) is 5.92 Å². The van der Waals surface area contributed by atoms with Gasteiger partial charge in [-0.05, 0) is 19.3 Å². The maximum Gasteiger partial charge on any atom is 0.223 e. The molecule has 0 saturated carbocycles. The van der Waals surface area contributed by atoms with Crippen LogP contribution in [0.15, 0.2) is 0 Å². The van der Waals surface area contributed by atoms with E-state index in [1.54, 1.807) is 11.8 Å². The predicted molar refractivity (Wildman–Crippen MR) is 58.6 cm³/mol. The summed E-state index contributed by atoms with van der Waals surface area (Å²) in [6.07, 6.45) is 0.896. The number of likely N-dealkylation sites (tertiary alicyclic amines) is 1. The van der Waals surface area contributed by atoms with Gasteiger partial charge in [0.2, 0.25) is 5.91 Å².